The van der Waals surface area contributed by atoms with E-state index in [4.69, 9.17) is 4.74 Å². The van der Waals surface area contributed by atoms with E-state index in [-0.39, 0.29) is 0 Å². The summed E-state index contributed by atoms with van der Waals surface area (Å²) in [4.78, 5) is 6.73. The molecule has 1 aromatic rings. The van der Waals surface area contributed by atoms with Gasteiger partial charge in [0, 0.05) is 45.2 Å². The van der Waals surface area contributed by atoms with Crippen molar-refractivity contribution < 1.29 is 4.74 Å². The summed E-state index contributed by atoms with van der Waals surface area (Å²) in [5.74, 6) is 0. The van der Waals surface area contributed by atoms with E-state index in [1.54, 1.807) is 7.11 Å². The summed E-state index contributed by atoms with van der Waals surface area (Å²) in [5, 5.41) is 3.46. The number of ether oxygens (including phenoxy) is 1. The quantitative estimate of drug-likeness (QED) is 0.739. The van der Waals surface area contributed by atoms with E-state index in [1.165, 1.54) is 24.9 Å². The van der Waals surface area contributed by atoms with E-state index < -0.39 is 0 Å². The topological polar surface area (TPSA) is 37.4 Å². The number of nitrogens with one attached hydrogen (secondary N) is 1. The Hall–Kier alpha value is -0.970. The maximum absolute atomic E-state index is 5.04. The molecule has 1 aliphatic heterocycles. The van der Waals surface area contributed by atoms with Gasteiger partial charge in [0.05, 0.1) is 6.61 Å². The summed E-state index contributed by atoms with van der Waals surface area (Å²) >= 11 is 0. The van der Waals surface area contributed by atoms with Crippen molar-refractivity contribution in [2.24, 2.45) is 0 Å². The SMILES string of the molecule is COCCNCC1CCCN1Cc1cccnc1. The van der Waals surface area contributed by atoms with Crippen LogP contribution in [0.15, 0.2) is 24.5 Å². The van der Waals surface area contributed by atoms with E-state index in [0.717, 1.165) is 26.2 Å². The molecule has 0 saturated carbocycles. The van der Waals surface area contributed by atoms with Crippen LogP contribution < -0.4 is 5.32 Å². The second-order valence-electron chi connectivity index (χ2n) is 4.82. The van der Waals surface area contributed by atoms with Crippen LogP contribution in [0.5, 0.6) is 0 Å². The number of pyridine rings is 1. The highest BCUT2D eigenvalue weighted by atomic mass is 16.5. The van der Waals surface area contributed by atoms with Gasteiger partial charge in [0.15, 0.2) is 0 Å². The average molecular weight is 249 g/mol. The van der Waals surface area contributed by atoms with Crippen LogP contribution >= 0.6 is 0 Å². The van der Waals surface area contributed by atoms with Crippen molar-refractivity contribution in [3.05, 3.63) is 30.1 Å². The number of hydrogen-bond donors (Lipinski definition) is 1. The van der Waals surface area contributed by atoms with Crippen molar-refractivity contribution in [2.75, 3.05) is 33.4 Å². The summed E-state index contributed by atoms with van der Waals surface area (Å²) in [6.45, 7) is 5.00. The molecule has 1 aromatic heterocycles. The van der Waals surface area contributed by atoms with Crippen LogP contribution in [-0.2, 0) is 11.3 Å². The molecule has 4 heteroatoms. The minimum absolute atomic E-state index is 0.655. The highest BCUT2D eigenvalue weighted by Crippen LogP contribution is 2.19. The number of rotatable bonds is 7. The molecule has 4 nitrogen and oxygen atoms in total. The van der Waals surface area contributed by atoms with Crippen LogP contribution in [0.1, 0.15) is 18.4 Å². The largest absolute Gasteiger partial charge is 0.383 e. The lowest BCUT2D eigenvalue weighted by atomic mass is 10.2. The fourth-order valence-electron chi connectivity index (χ4n) is 2.50. The monoisotopic (exact) mass is 249 g/mol. The molecule has 1 atom stereocenters. The van der Waals surface area contributed by atoms with E-state index in [2.05, 4.69) is 21.3 Å². The third kappa shape index (κ3) is 4.05. The summed E-state index contributed by atoms with van der Waals surface area (Å²) in [5.41, 5.74) is 1.31. The number of hydrogen-bond acceptors (Lipinski definition) is 4. The van der Waals surface area contributed by atoms with E-state index in [0.29, 0.717) is 6.04 Å². The summed E-state index contributed by atoms with van der Waals surface area (Å²) in [6, 6.07) is 4.82. The van der Waals surface area contributed by atoms with Crippen LogP contribution in [0.25, 0.3) is 0 Å². The first-order valence-corrected chi connectivity index (χ1v) is 6.73. The maximum atomic E-state index is 5.04. The van der Waals surface area contributed by atoms with Crippen LogP contribution in [0, 0.1) is 0 Å². The highest BCUT2D eigenvalue weighted by Gasteiger charge is 2.23. The Morgan fingerprint density at radius 3 is 3.28 bits per heavy atom. The van der Waals surface area contributed by atoms with Crippen LogP contribution in [0.3, 0.4) is 0 Å². The fraction of sp³-hybridized carbons (Fsp3) is 0.643. The van der Waals surface area contributed by atoms with Gasteiger partial charge in [-0.05, 0) is 31.0 Å². The molecular weight excluding hydrogens is 226 g/mol. The van der Waals surface area contributed by atoms with Crippen molar-refractivity contribution in [1.82, 2.24) is 15.2 Å². The Balaban J connectivity index is 1.77. The Bertz CT molecular complexity index is 331. The molecule has 1 saturated heterocycles. The van der Waals surface area contributed by atoms with Crippen molar-refractivity contribution in [3.63, 3.8) is 0 Å². The molecule has 0 spiro atoms. The third-order valence-electron chi connectivity index (χ3n) is 3.47. The average Bonchev–Trinajstić information content (AvgIpc) is 2.83. The van der Waals surface area contributed by atoms with Gasteiger partial charge in [0.25, 0.3) is 0 Å². The van der Waals surface area contributed by atoms with Crippen molar-refractivity contribution in [1.29, 1.82) is 0 Å². The molecule has 1 unspecified atom stereocenters. The molecule has 100 valence electrons. The second-order valence-corrected chi connectivity index (χ2v) is 4.82. The van der Waals surface area contributed by atoms with Gasteiger partial charge in [-0.15, -0.1) is 0 Å². The van der Waals surface area contributed by atoms with Gasteiger partial charge in [-0.1, -0.05) is 6.07 Å². The molecule has 0 bridgehead atoms. The van der Waals surface area contributed by atoms with Gasteiger partial charge >= 0.3 is 0 Å². The number of aromatic nitrogens is 1. The van der Waals surface area contributed by atoms with Crippen molar-refractivity contribution in [2.45, 2.75) is 25.4 Å². The molecule has 0 radical (unpaired) electrons. The first-order valence-electron chi connectivity index (χ1n) is 6.73. The smallest absolute Gasteiger partial charge is 0.0587 e. The van der Waals surface area contributed by atoms with Crippen LogP contribution in [0.4, 0.5) is 0 Å². The lowest BCUT2D eigenvalue weighted by Gasteiger charge is -2.24. The van der Waals surface area contributed by atoms with E-state index >= 15 is 0 Å². The predicted octanol–water partition coefficient (Wildman–Crippen LogP) is 1.28. The van der Waals surface area contributed by atoms with E-state index in [9.17, 15) is 0 Å². The first-order chi connectivity index (χ1) is 8.90. The van der Waals surface area contributed by atoms with Gasteiger partial charge in [0.2, 0.25) is 0 Å². The van der Waals surface area contributed by atoms with E-state index in [1.807, 2.05) is 18.5 Å². The van der Waals surface area contributed by atoms with Crippen LogP contribution in [0.2, 0.25) is 0 Å². The van der Waals surface area contributed by atoms with Gasteiger partial charge in [0.1, 0.15) is 0 Å². The summed E-state index contributed by atoms with van der Waals surface area (Å²) < 4.78 is 5.04. The summed E-state index contributed by atoms with van der Waals surface area (Å²) in [7, 11) is 1.74. The minimum atomic E-state index is 0.655. The normalized spacial score (nSPS) is 20.4. The standard InChI is InChI=1S/C14H23N3O/c1-18-9-7-16-11-14-5-3-8-17(14)12-13-4-2-6-15-10-13/h2,4,6,10,14,16H,3,5,7-9,11-12H2,1H3. The second kappa shape index (κ2) is 7.46. The molecular formula is C14H23N3O. The summed E-state index contributed by atoms with van der Waals surface area (Å²) in [6.07, 6.45) is 6.39. The fourth-order valence-corrected chi connectivity index (χ4v) is 2.50. The highest BCUT2D eigenvalue weighted by molar-refractivity contribution is 5.08. The Morgan fingerprint density at radius 1 is 1.56 bits per heavy atom. The number of likely N-dealkylation sites (tertiary alicyclic amines) is 1. The molecule has 1 N–H and O–H groups in total. The zero-order valence-corrected chi connectivity index (χ0v) is 11.1. The van der Waals surface area contributed by atoms with Gasteiger partial charge < -0.3 is 10.1 Å². The van der Waals surface area contributed by atoms with Gasteiger partial charge in [-0.25, -0.2) is 0 Å². The first kappa shape index (κ1) is 13.5. The molecule has 0 amide bonds. The van der Waals surface area contributed by atoms with Crippen molar-refractivity contribution in [3.8, 4) is 0 Å². The van der Waals surface area contributed by atoms with Crippen LogP contribution in [-0.4, -0.2) is 49.3 Å². The lowest BCUT2D eigenvalue weighted by molar-refractivity contribution is 0.191. The molecule has 1 fully saturated rings. The molecule has 0 aliphatic carbocycles. The Morgan fingerprint density at radius 2 is 2.50 bits per heavy atom. The predicted molar refractivity (Wildman–Crippen MR) is 72.4 cm³/mol. The Kier molecular flexibility index (Phi) is 5.58. The number of nitrogens with zero attached hydrogens (tertiary/aromatic N) is 2. The van der Waals surface area contributed by atoms with Crippen molar-refractivity contribution >= 4 is 0 Å². The molecule has 0 aromatic carbocycles. The molecule has 2 heterocycles. The zero-order chi connectivity index (χ0) is 12.6. The minimum Gasteiger partial charge on any atom is -0.383 e. The van der Waals surface area contributed by atoms with Gasteiger partial charge in [-0.2, -0.15) is 0 Å². The molecule has 2 rings (SSSR count). The third-order valence-corrected chi connectivity index (χ3v) is 3.47. The maximum Gasteiger partial charge on any atom is 0.0587 e. The Labute approximate surface area is 109 Å². The lowest BCUT2D eigenvalue weighted by Crippen LogP contribution is -2.38. The molecule has 1 aliphatic rings. The zero-order valence-electron chi connectivity index (χ0n) is 11.1. The van der Waals surface area contributed by atoms with Gasteiger partial charge in [-0.3, -0.25) is 9.88 Å². The number of methoxy groups -OCH3 is 1. The molecule has 18 heavy (non-hydrogen) atoms.